The summed E-state index contributed by atoms with van der Waals surface area (Å²) in [5.41, 5.74) is 5.25. The second kappa shape index (κ2) is 11.1. The Labute approximate surface area is 210 Å². The predicted molar refractivity (Wildman–Crippen MR) is 136 cm³/mol. The molecule has 1 aliphatic carbocycles. The van der Waals surface area contributed by atoms with Gasteiger partial charge in [-0.3, -0.25) is 9.59 Å². The third-order valence-electron chi connectivity index (χ3n) is 6.40. The number of hydrogen-bond donors (Lipinski definition) is 2. The van der Waals surface area contributed by atoms with Crippen molar-refractivity contribution in [2.75, 3.05) is 13.2 Å². The van der Waals surface area contributed by atoms with Gasteiger partial charge in [-0.25, -0.2) is 4.79 Å². The molecule has 0 bridgehead atoms. The van der Waals surface area contributed by atoms with Gasteiger partial charge in [-0.05, 0) is 33.7 Å². The van der Waals surface area contributed by atoms with Crippen LogP contribution in [0.5, 0.6) is 0 Å². The summed E-state index contributed by atoms with van der Waals surface area (Å²) in [6.07, 6.45) is -0.709. The van der Waals surface area contributed by atoms with Crippen molar-refractivity contribution in [1.82, 2.24) is 10.2 Å². The fraction of sp³-hybridized carbons (Fsp3) is 0.276. The standard InChI is InChI=1S/C29H30N2O5/c1-19(2)27(28(34)31(17-26(32)33)16-20-10-4-3-5-11-20)30-29(35)36-18-25-23-14-8-6-12-21(23)22-13-7-9-15-24(22)25/h3-15,19,25,27H,16-18H2,1-2H3,(H,30,35)(H,32,33). The van der Waals surface area contributed by atoms with E-state index in [1.807, 2.05) is 66.7 Å². The van der Waals surface area contributed by atoms with Crippen LogP contribution in [0.3, 0.4) is 0 Å². The number of amides is 2. The van der Waals surface area contributed by atoms with E-state index in [2.05, 4.69) is 17.4 Å². The van der Waals surface area contributed by atoms with Gasteiger partial charge in [0.25, 0.3) is 0 Å². The number of rotatable bonds is 9. The number of carboxylic acid groups (broad SMARTS) is 1. The van der Waals surface area contributed by atoms with Crippen molar-refractivity contribution in [3.63, 3.8) is 0 Å². The molecule has 4 rings (SSSR count). The number of benzene rings is 3. The number of hydrogen-bond acceptors (Lipinski definition) is 4. The molecule has 0 spiro atoms. The van der Waals surface area contributed by atoms with E-state index in [0.29, 0.717) is 0 Å². The van der Waals surface area contributed by atoms with Crippen LogP contribution in [0.15, 0.2) is 78.9 Å². The van der Waals surface area contributed by atoms with Crippen molar-refractivity contribution in [1.29, 1.82) is 0 Å². The van der Waals surface area contributed by atoms with Crippen LogP contribution in [0.25, 0.3) is 11.1 Å². The van der Waals surface area contributed by atoms with Crippen molar-refractivity contribution in [3.05, 3.63) is 95.6 Å². The van der Waals surface area contributed by atoms with Gasteiger partial charge in [0.05, 0.1) is 0 Å². The Morgan fingerprint density at radius 2 is 1.44 bits per heavy atom. The lowest BCUT2D eigenvalue weighted by Crippen LogP contribution is -2.52. The average Bonchev–Trinajstić information content (AvgIpc) is 3.19. The summed E-state index contributed by atoms with van der Waals surface area (Å²) in [6.45, 7) is 3.38. The summed E-state index contributed by atoms with van der Waals surface area (Å²) in [5, 5.41) is 12.1. The Morgan fingerprint density at radius 3 is 2.00 bits per heavy atom. The van der Waals surface area contributed by atoms with Gasteiger partial charge in [-0.15, -0.1) is 0 Å². The zero-order valence-corrected chi connectivity index (χ0v) is 20.4. The normalized spacial score (nSPS) is 13.0. The lowest BCUT2D eigenvalue weighted by molar-refractivity contribution is -0.146. The molecule has 0 saturated heterocycles. The molecule has 0 heterocycles. The maximum absolute atomic E-state index is 13.3. The van der Waals surface area contributed by atoms with Gasteiger partial charge in [-0.2, -0.15) is 0 Å². The molecule has 1 unspecified atom stereocenters. The van der Waals surface area contributed by atoms with E-state index in [4.69, 9.17) is 4.74 Å². The Kier molecular flexibility index (Phi) is 7.68. The number of carbonyl (C=O) groups excluding carboxylic acids is 2. The molecule has 0 aliphatic heterocycles. The first-order valence-electron chi connectivity index (χ1n) is 12.0. The van der Waals surface area contributed by atoms with E-state index >= 15 is 0 Å². The van der Waals surface area contributed by atoms with Crippen LogP contribution in [-0.4, -0.2) is 47.2 Å². The Bertz CT molecular complexity index is 1200. The molecule has 7 nitrogen and oxygen atoms in total. The fourth-order valence-corrected chi connectivity index (χ4v) is 4.66. The predicted octanol–water partition coefficient (Wildman–Crippen LogP) is 4.66. The van der Waals surface area contributed by atoms with E-state index in [9.17, 15) is 19.5 Å². The highest BCUT2D eigenvalue weighted by molar-refractivity contribution is 5.88. The van der Waals surface area contributed by atoms with Crippen molar-refractivity contribution in [2.24, 2.45) is 5.92 Å². The van der Waals surface area contributed by atoms with Gasteiger partial charge in [0.1, 0.15) is 19.2 Å². The van der Waals surface area contributed by atoms with Crippen LogP contribution in [0.2, 0.25) is 0 Å². The minimum Gasteiger partial charge on any atom is -0.480 e. The van der Waals surface area contributed by atoms with Crippen molar-refractivity contribution < 1.29 is 24.2 Å². The highest BCUT2D eigenvalue weighted by Gasteiger charge is 2.32. The molecule has 36 heavy (non-hydrogen) atoms. The Morgan fingerprint density at radius 1 is 0.889 bits per heavy atom. The molecular weight excluding hydrogens is 456 g/mol. The van der Waals surface area contributed by atoms with Crippen LogP contribution in [-0.2, 0) is 20.9 Å². The Hall–Kier alpha value is -4.13. The maximum atomic E-state index is 13.3. The van der Waals surface area contributed by atoms with Crippen molar-refractivity contribution in [3.8, 4) is 11.1 Å². The highest BCUT2D eigenvalue weighted by Crippen LogP contribution is 2.44. The number of nitrogens with one attached hydrogen (secondary N) is 1. The molecule has 0 saturated carbocycles. The van der Waals surface area contributed by atoms with E-state index in [1.165, 1.54) is 4.90 Å². The van der Waals surface area contributed by atoms with Crippen LogP contribution in [0, 0.1) is 5.92 Å². The minimum atomic E-state index is -1.12. The van der Waals surface area contributed by atoms with Crippen LogP contribution < -0.4 is 5.32 Å². The summed E-state index contributed by atoms with van der Waals surface area (Å²) in [7, 11) is 0. The molecule has 2 amide bonds. The molecule has 3 aromatic rings. The number of carboxylic acids is 1. The van der Waals surface area contributed by atoms with Gasteiger partial charge in [-0.1, -0.05) is 92.7 Å². The molecule has 0 radical (unpaired) electrons. The molecule has 7 heteroatoms. The first kappa shape index (κ1) is 25.0. The largest absolute Gasteiger partial charge is 0.480 e. The summed E-state index contributed by atoms with van der Waals surface area (Å²) in [5.74, 6) is -1.96. The van der Waals surface area contributed by atoms with E-state index in [1.54, 1.807) is 13.8 Å². The fourth-order valence-electron chi connectivity index (χ4n) is 4.66. The van der Waals surface area contributed by atoms with Crippen LogP contribution in [0.1, 0.15) is 36.5 Å². The van der Waals surface area contributed by atoms with Crippen LogP contribution in [0.4, 0.5) is 4.79 Å². The monoisotopic (exact) mass is 486 g/mol. The topological polar surface area (TPSA) is 95.9 Å². The summed E-state index contributed by atoms with van der Waals surface area (Å²) < 4.78 is 5.61. The van der Waals surface area contributed by atoms with Gasteiger partial charge < -0.3 is 20.1 Å². The van der Waals surface area contributed by atoms with E-state index in [0.717, 1.165) is 27.8 Å². The lowest BCUT2D eigenvalue weighted by Gasteiger charge is -2.29. The van der Waals surface area contributed by atoms with Crippen LogP contribution >= 0.6 is 0 Å². The van der Waals surface area contributed by atoms with E-state index in [-0.39, 0.29) is 25.0 Å². The SMILES string of the molecule is CC(C)C(NC(=O)OCC1c2ccccc2-c2ccccc21)C(=O)N(CC(=O)O)Cc1ccccc1. The van der Waals surface area contributed by atoms with Gasteiger partial charge >= 0.3 is 12.1 Å². The second-order valence-corrected chi connectivity index (χ2v) is 9.27. The Balaban J connectivity index is 1.45. The number of alkyl carbamates (subject to hydrolysis) is 1. The van der Waals surface area contributed by atoms with Gasteiger partial charge in [0.2, 0.25) is 5.91 Å². The molecule has 0 aromatic heterocycles. The number of carbonyl (C=O) groups is 3. The summed E-state index contributed by atoms with van der Waals surface area (Å²) in [4.78, 5) is 38.9. The first-order chi connectivity index (χ1) is 17.3. The highest BCUT2D eigenvalue weighted by atomic mass is 16.5. The zero-order chi connectivity index (χ0) is 25.7. The molecule has 0 fully saturated rings. The zero-order valence-electron chi connectivity index (χ0n) is 20.4. The number of fused-ring (bicyclic) bond motifs is 3. The number of ether oxygens (including phenoxy) is 1. The maximum Gasteiger partial charge on any atom is 0.407 e. The molecule has 1 aliphatic rings. The quantitative estimate of drug-likeness (QED) is 0.459. The average molecular weight is 487 g/mol. The molecule has 2 N–H and O–H groups in total. The van der Waals surface area contributed by atoms with Crippen molar-refractivity contribution >= 4 is 18.0 Å². The molecule has 186 valence electrons. The smallest absolute Gasteiger partial charge is 0.407 e. The molecular formula is C29H30N2O5. The summed E-state index contributed by atoms with van der Waals surface area (Å²) >= 11 is 0. The molecule has 3 aromatic carbocycles. The van der Waals surface area contributed by atoms with Gasteiger partial charge in [0, 0.05) is 12.5 Å². The molecule has 1 atom stereocenters. The summed E-state index contributed by atoms with van der Waals surface area (Å²) in [6, 6.07) is 24.3. The van der Waals surface area contributed by atoms with E-state index < -0.39 is 30.6 Å². The first-order valence-corrected chi connectivity index (χ1v) is 12.0. The third kappa shape index (κ3) is 5.57. The third-order valence-corrected chi connectivity index (χ3v) is 6.40. The second-order valence-electron chi connectivity index (χ2n) is 9.27. The number of aliphatic carboxylic acids is 1. The lowest BCUT2D eigenvalue weighted by atomic mass is 9.98. The number of nitrogens with zero attached hydrogens (tertiary/aromatic N) is 1. The van der Waals surface area contributed by atoms with Gasteiger partial charge in [0.15, 0.2) is 0 Å². The van der Waals surface area contributed by atoms with Crippen molar-refractivity contribution in [2.45, 2.75) is 32.4 Å². The minimum absolute atomic E-state index is 0.0991.